The fraction of sp³-hybridized carbons (Fsp3) is 0.304. The summed E-state index contributed by atoms with van der Waals surface area (Å²) >= 11 is 0. The SMILES string of the molecule is CC(C)(C)NC(=O)Nc1ccc2nc(N[C@@H]3CCc4ccccc43)ccc2c1.CC(C)(C)NC(=O)Nc1ccc2nc(N[C@@H]3CCc4ccccc43)ccc2c1. The largest absolute Gasteiger partial charge is 0.363 e. The molecule has 0 aliphatic heterocycles. The summed E-state index contributed by atoms with van der Waals surface area (Å²) in [5.74, 6) is 1.75. The van der Waals surface area contributed by atoms with Gasteiger partial charge in [-0.05, 0) is 150 Å². The molecule has 56 heavy (non-hydrogen) atoms. The van der Waals surface area contributed by atoms with Crippen molar-refractivity contribution in [3.05, 3.63) is 131 Å². The Morgan fingerprint density at radius 2 is 0.946 bits per heavy atom. The predicted molar refractivity (Wildman–Crippen MR) is 230 cm³/mol. The van der Waals surface area contributed by atoms with Crippen molar-refractivity contribution in [3.8, 4) is 0 Å². The Morgan fingerprint density at radius 3 is 1.36 bits per heavy atom. The molecule has 0 radical (unpaired) electrons. The van der Waals surface area contributed by atoms with E-state index in [2.05, 4.69) is 80.4 Å². The average molecular weight is 749 g/mol. The van der Waals surface area contributed by atoms with Gasteiger partial charge in [-0.25, -0.2) is 19.6 Å². The minimum Gasteiger partial charge on any atom is -0.363 e. The number of nitrogens with zero attached hydrogens (tertiary/aromatic N) is 2. The monoisotopic (exact) mass is 748 g/mol. The van der Waals surface area contributed by atoms with Crippen LogP contribution in [0.15, 0.2) is 109 Å². The van der Waals surface area contributed by atoms with Gasteiger partial charge in [0, 0.05) is 33.2 Å². The lowest BCUT2D eigenvalue weighted by Gasteiger charge is -2.21. The van der Waals surface area contributed by atoms with Crippen molar-refractivity contribution < 1.29 is 9.59 Å². The van der Waals surface area contributed by atoms with Crippen LogP contribution in [0.1, 0.15) is 88.7 Å². The van der Waals surface area contributed by atoms with E-state index in [9.17, 15) is 9.59 Å². The molecule has 10 heteroatoms. The summed E-state index contributed by atoms with van der Waals surface area (Å²) in [6.07, 6.45) is 4.38. The van der Waals surface area contributed by atoms with Gasteiger partial charge >= 0.3 is 12.1 Å². The molecule has 4 amide bonds. The summed E-state index contributed by atoms with van der Waals surface area (Å²) in [5.41, 5.74) is 8.33. The molecule has 2 heterocycles. The first-order valence-corrected chi connectivity index (χ1v) is 19.4. The van der Waals surface area contributed by atoms with Crippen molar-refractivity contribution in [3.63, 3.8) is 0 Å². The normalized spacial score (nSPS) is 15.9. The lowest BCUT2D eigenvalue weighted by Crippen LogP contribution is -2.43. The van der Waals surface area contributed by atoms with Gasteiger partial charge in [0.1, 0.15) is 11.6 Å². The third-order valence-electron chi connectivity index (χ3n) is 9.78. The van der Waals surface area contributed by atoms with Gasteiger partial charge in [0.25, 0.3) is 0 Å². The molecule has 0 unspecified atom stereocenters. The zero-order valence-electron chi connectivity index (χ0n) is 33.1. The Hall–Kier alpha value is -6.16. The third kappa shape index (κ3) is 9.73. The van der Waals surface area contributed by atoms with E-state index in [1.807, 2.05) is 102 Å². The molecule has 2 atom stereocenters. The molecule has 10 nitrogen and oxygen atoms in total. The van der Waals surface area contributed by atoms with Crippen LogP contribution in [0.4, 0.5) is 32.6 Å². The number of hydrogen-bond acceptors (Lipinski definition) is 6. The van der Waals surface area contributed by atoms with Gasteiger partial charge in [0.2, 0.25) is 0 Å². The van der Waals surface area contributed by atoms with Crippen molar-refractivity contribution >= 4 is 56.9 Å². The quantitative estimate of drug-likeness (QED) is 0.100. The number of urea groups is 2. The van der Waals surface area contributed by atoms with Crippen LogP contribution in [0.25, 0.3) is 21.8 Å². The minimum atomic E-state index is -0.276. The van der Waals surface area contributed by atoms with Crippen molar-refractivity contribution in [1.29, 1.82) is 0 Å². The van der Waals surface area contributed by atoms with E-state index in [0.717, 1.165) is 70.5 Å². The summed E-state index contributed by atoms with van der Waals surface area (Å²) in [6.45, 7) is 11.7. The molecule has 288 valence electrons. The summed E-state index contributed by atoms with van der Waals surface area (Å²) < 4.78 is 0. The highest BCUT2D eigenvalue weighted by Gasteiger charge is 2.23. The number of nitrogens with one attached hydrogen (secondary N) is 6. The molecule has 6 aromatic rings. The Labute approximate surface area is 329 Å². The number of aromatic nitrogens is 2. The van der Waals surface area contributed by atoms with E-state index in [0.29, 0.717) is 12.1 Å². The van der Waals surface area contributed by atoms with Crippen LogP contribution in [0.3, 0.4) is 0 Å². The smallest absolute Gasteiger partial charge is 0.319 e. The highest BCUT2D eigenvalue weighted by atomic mass is 16.2. The Balaban J connectivity index is 0.000000172. The van der Waals surface area contributed by atoms with Gasteiger partial charge in [-0.1, -0.05) is 48.5 Å². The van der Waals surface area contributed by atoms with Gasteiger partial charge in [0.15, 0.2) is 0 Å². The molecule has 2 aromatic heterocycles. The topological polar surface area (TPSA) is 132 Å². The van der Waals surface area contributed by atoms with E-state index in [-0.39, 0.29) is 23.1 Å². The number of aryl methyl sites for hydroxylation is 2. The first-order chi connectivity index (χ1) is 26.7. The molecule has 6 N–H and O–H groups in total. The molecule has 2 aliphatic rings. The van der Waals surface area contributed by atoms with Crippen molar-refractivity contribution in [2.75, 3.05) is 21.3 Å². The van der Waals surface area contributed by atoms with Crippen LogP contribution in [0, 0.1) is 0 Å². The number of hydrogen-bond donors (Lipinski definition) is 6. The van der Waals surface area contributed by atoms with Crippen LogP contribution in [0.5, 0.6) is 0 Å². The summed E-state index contributed by atoms with van der Waals surface area (Å²) in [5, 5.41) is 20.7. The van der Waals surface area contributed by atoms with Crippen molar-refractivity contribution in [2.24, 2.45) is 0 Å². The van der Waals surface area contributed by atoms with Gasteiger partial charge < -0.3 is 31.9 Å². The molecular formula is C46H52N8O2. The number of rotatable bonds is 6. The number of carbonyl (C=O) groups is 2. The number of benzene rings is 4. The maximum absolute atomic E-state index is 12.1. The molecule has 0 bridgehead atoms. The highest BCUT2D eigenvalue weighted by Crippen LogP contribution is 2.35. The van der Waals surface area contributed by atoms with Gasteiger partial charge in [-0.2, -0.15) is 0 Å². The molecule has 8 rings (SSSR count). The van der Waals surface area contributed by atoms with Crippen molar-refractivity contribution in [2.45, 2.75) is 90.4 Å². The lowest BCUT2D eigenvalue weighted by molar-refractivity contribution is 0.242. The van der Waals surface area contributed by atoms with E-state index in [1.165, 1.54) is 22.3 Å². The van der Waals surface area contributed by atoms with Crippen LogP contribution in [0.2, 0.25) is 0 Å². The second-order valence-corrected chi connectivity index (χ2v) is 16.7. The zero-order chi connectivity index (χ0) is 39.5. The van der Waals surface area contributed by atoms with E-state index in [4.69, 9.17) is 9.97 Å². The molecule has 4 aromatic carbocycles. The van der Waals surface area contributed by atoms with Gasteiger partial charge in [-0.15, -0.1) is 0 Å². The van der Waals surface area contributed by atoms with Crippen LogP contribution >= 0.6 is 0 Å². The van der Waals surface area contributed by atoms with E-state index in [1.54, 1.807) is 0 Å². The summed E-state index contributed by atoms with van der Waals surface area (Å²) in [6, 6.07) is 37.0. The molecule has 0 spiro atoms. The Kier molecular flexibility index (Phi) is 10.8. The van der Waals surface area contributed by atoms with Crippen molar-refractivity contribution in [1.82, 2.24) is 20.6 Å². The molecule has 0 fully saturated rings. The second kappa shape index (κ2) is 15.9. The summed E-state index contributed by atoms with van der Waals surface area (Å²) in [7, 11) is 0. The van der Waals surface area contributed by atoms with Gasteiger partial charge in [0.05, 0.1) is 23.1 Å². The Bertz CT molecular complexity index is 2210. The molecule has 2 aliphatic carbocycles. The predicted octanol–water partition coefficient (Wildman–Crippen LogP) is 10.5. The lowest BCUT2D eigenvalue weighted by atomic mass is 10.1. The third-order valence-corrected chi connectivity index (χ3v) is 9.78. The number of anilines is 4. The maximum Gasteiger partial charge on any atom is 0.319 e. The Morgan fingerprint density at radius 1 is 0.536 bits per heavy atom. The average Bonchev–Trinajstić information content (AvgIpc) is 3.74. The minimum absolute atomic E-state index is 0.210. The first-order valence-electron chi connectivity index (χ1n) is 19.4. The van der Waals surface area contributed by atoms with Crippen LogP contribution in [-0.4, -0.2) is 33.1 Å². The first kappa shape index (κ1) is 38.1. The molecule has 0 saturated heterocycles. The number of amides is 4. The van der Waals surface area contributed by atoms with Crippen LogP contribution in [-0.2, 0) is 12.8 Å². The molecular weight excluding hydrogens is 697 g/mol. The number of carbonyl (C=O) groups excluding carboxylic acids is 2. The number of fused-ring (bicyclic) bond motifs is 4. The second-order valence-electron chi connectivity index (χ2n) is 16.7. The standard InChI is InChI=1S/2C23H26N4O/c2*1-23(2,3)27-22(28)24-17-10-12-19-16(14-17)9-13-21(25-19)26-20-11-8-15-6-4-5-7-18(15)20/h2*4-7,9-10,12-14,20H,8,11H2,1-3H3,(H,25,26)(H2,24,27,28)/t2*20-/m11/s1. The fourth-order valence-corrected chi connectivity index (χ4v) is 7.34. The van der Waals surface area contributed by atoms with Crippen LogP contribution < -0.4 is 31.9 Å². The highest BCUT2D eigenvalue weighted by molar-refractivity contribution is 5.94. The maximum atomic E-state index is 12.1. The van der Waals surface area contributed by atoms with Gasteiger partial charge in [-0.3, -0.25) is 0 Å². The summed E-state index contributed by atoms with van der Waals surface area (Å²) in [4.78, 5) is 33.6. The van der Waals surface area contributed by atoms with E-state index >= 15 is 0 Å². The fourth-order valence-electron chi connectivity index (χ4n) is 7.34. The molecule has 0 saturated carbocycles. The zero-order valence-corrected chi connectivity index (χ0v) is 33.1. The van der Waals surface area contributed by atoms with E-state index < -0.39 is 0 Å². The number of pyridine rings is 2.